The maximum Gasteiger partial charge on any atom is 0.269 e. The van der Waals surface area contributed by atoms with E-state index in [2.05, 4.69) is 10.9 Å². The van der Waals surface area contributed by atoms with E-state index in [1.54, 1.807) is 12.1 Å². The molecule has 6 nitrogen and oxygen atoms in total. The highest BCUT2D eigenvalue weighted by atomic mass is 16.5. The van der Waals surface area contributed by atoms with Crippen molar-refractivity contribution in [3.63, 3.8) is 0 Å². The second-order valence-electron chi connectivity index (χ2n) is 6.57. The van der Waals surface area contributed by atoms with Gasteiger partial charge in [0, 0.05) is 12.0 Å². The molecule has 3 rings (SSSR count). The van der Waals surface area contributed by atoms with Crippen LogP contribution in [0.3, 0.4) is 0 Å². The summed E-state index contributed by atoms with van der Waals surface area (Å²) in [5.41, 5.74) is 6.24. The number of benzene rings is 3. The Morgan fingerprint density at radius 2 is 1.30 bits per heavy atom. The molecule has 0 aliphatic rings. The minimum absolute atomic E-state index is 0.253. The number of para-hydroxylation sites is 2. The Morgan fingerprint density at radius 3 is 1.93 bits per heavy atom. The Labute approximate surface area is 175 Å². The topological polar surface area (TPSA) is 76.7 Å². The fourth-order valence-electron chi connectivity index (χ4n) is 2.64. The van der Waals surface area contributed by atoms with E-state index in [-0.39, 0.29) is 18.2 Å². The van der Waals surface area contributed by atoms with E-state index in [1.165, 1.54) is 0 Å². The van der Waals surface area contributed by atoms with E-state index in [4.69, 9.17) is 9.47 Å². The molecule has 0 saturated carbocycles. The second kappa shape index (κ2) is 11.3. The smallest absolute Gasteiger partial charge is 0.269 e. The highest BCUT2D eigenvalue weighted by Crippen LogP contribution is 2.12. The summed E-state index contributed by atoms with van der Waals surface area (Å²) in [4.78, 5) is 24.0. The molecule has 0 fully saturated rings. The molecule has 0 heterocycles. The molecule has 0 spiro atoms. The van der Waals surface area contributed by atoms with Gasteiger partial charge in [0.25, 0.3) is 5.91 Å². The number of carbonyl (C=O) groups excluding carboxylic acids is 2. The number of nitrogens with one attached hydrogen (secondary N) is 2. The Hall–Kier alpha value is -3.80. The summed E-state index contributed by atoms with van der Waals surface area (Å²) in [6, 6.07) is 26.0. The monoisotopic (exact) mass is 404 g/mol. The van der Waals surface area contributed by atoms with Crippen LogP contribution in [0.1, 0.15) is 28.8 Å². The molecular weight excluding hydrogens is 380 g/mol. The summed E-state index contributed by atoms with van der Waals surface area (Å²) in [7, 11) is 0. The van der Waals surface area contributed by atoms with Gasteiger partial charge in [-0.2, -0.15) is 0 Å². The van der Waals surface area contributed by atoms with E-state index in [0.717, 1.165) is 17.1 Å². The average Bonchev–Trinajstić information content (AvgIpc) is 2.80. The third-order valence-electron chi connectivity index (χ3n) is 4.24. The molecule has 0 saturated heterocycles. The molecule has 0 aromatic heterocycles. The second-order valence-corrected chi connectivity index (χ2v) is 6.57. The molecule has 30 heavy (non-hydrogen) atoms. The molecule has 0 aliphatic carbocycles. The molecule has 0 atom stereocenters. The SMILES string of the molecule is O=C(CCCOc1ccccc1)NNC(=O)c1ccc(COc2ccccc2)cc1. The van der Waals surface area contributed by atoms with Crippen molar-refractivity contribution in [1.82, 2.24) is 10.9 Å². The van der Waals surface area contributed by atoms with Crippen LogP contribution in [-0.4, -0.2) is 18.4 Å². The van der Waals surface area contributed by atoms with Crippen LogP contribution in [0.25, 0.3) is 0 Å². The lowest BCUT2D eigenvalue weighted by Crippen LogP contribution is -2.41. The summed E-state index contributed by atoms with van der Waals surface area (Å²) in [6.07, 6.45) is 0.801. The van der Waals surface area contributed by atoms with Gasteiger partial charge in [-0.1, -0.05) is 48.5 Å². The first kappa shape index (κ1) is 20.9. The van der Waals surface area contributed by atoms with Crippen molar-refractivity contribution >= 4 is 11.8 Å². The number of amides is 2. The standard InChI is InChI=1S/C24H24N2O4/c27-23(12-7-17-29-21-8-3-1-4-9-21)25-26-24(28)20-15-13-19(14-16-20)18-30-22-10-5-2-6-11-22/h1-6,8-11,13-16H,7,12,17-18H2,(H,25,27)(H,26,28). The molecule has 0 bridgehead atoms. The van der Waals surface area contributed by atoms with Gasteiger partial charge in [-0.15, -0.1) is 0 Å². The fourth-order valence-corrected chi connectivity index (χ4v) is 2.64. The van der Waals surface area contributed by atoms with E-state index < -0.39 is 0 Å². The van der Waals surface area contributed by atoms with Gasteiger partial charge >= 0.3 is 0 Å². The van der Waals surface area contributed by atoms with Crippen LogP contribution in [0.2, 0.25) is 0 Å². The quantitative estimate of drug-likeness (QED) is 0.419. The van der Waals surface area contributed by atoms with Gasteiger partial charge in [-0.25, -0.2) is 0 Å². The Kier molecular flexibility index (Phi) is 7.85. The highest BCUT2D eigenvalue weighted by molar-refractivity contribution is 5.95. The number of hydrogen-bond acceptors (Lipinski definition) is 4. The van der Waals surface area contributed by atoms with Gasteiger partial charge in [0.2, 0.25) is 5.91 Å². The minimum atomic E-state index is -0.376. The van der Waals surface area contributed by atoms with E-state index in [0.29, 0.717) is 25.2 Å². The lowest BCUT2D eigenvalue weighted by atomic mass is 10.1. The van der Waals surface area contributed by atoms with Crippen molar-refractivity contribution < 1.29 is 19.1 Å². The van der Waals surface area contributed by atoms with Crippen molar-refractivity contribution in [2.24, 2.45) is 0 Å². The van der Waals surface area contributed by atoms with Crippen LogP contribution in [-0.2, 0) is 11.4 Å². The molecule has 0 unspecified atom stereocenters. The summed E-state index contributed by atoms with van der Waals surface area (Å²) in [5.74, 6) is 0.910. The largest absolute Gasteiger partial charge is 0.494 e. The molecule has 154 valence electrons. The first-order valence-electron chi connectivity index (χ1n) is 9.74. The van der Waals surface area contributed by atoms with Crippen LogP contribution >= 0.6 is 0 Å². The third-order valence-corrected chi connectivity index (χ3v) is 4.24. The number of carbonyl (C=O) groups is 2. The van der Waals surface area contributed by atoms with Gasteiger partial charge in [-0.05, 0) is 48.4 Å². The molecule has 3 aromatic rings. The lowest BCUT2D eigenvalue weighted by molar-refractivity contribution is -0.122. The Morgan fingerprint density at radius 1 is 0.700 bits per heavy atom. The zero-order chi connectivity index (χ0) is 21.0. The predicted octanol–water partition coefficient (Wildman–Crippen LogP) is 3.89. The van der Waals surface area contributed by atoms with Gasteiger partial charge in [0.05, 0.1) is 6.61 Å². The number of hydrazine groups is 1. The maximum absolute atomic E-state index is 12.2. The maximum atomic E-state index is 12.2. The Balaban J connectivity index is 1.34. The molecule has 2 amide bonds. The minimum Gasteiger partial charge on any atom is -0.494 e. The van der Waals surface area contributed by atoms with E-state index in [1.807, 2.05) is 72.8 Å². The number of rotatable bonds is 9. The zero-order valence-electron chi connectivity index (χ0n) is 16.5. The first-order chi connectivity index (χ1) is 14.7. The molecular formula is C24H24N2O4. The van der Waals surface area contributed by atoms with E-state index in [9.17, 15) is 9.59 Å². The van der Waals surface area contributed by atoms with Crippen LogP contribution in [0.15, 0.2) is 84.9 Å². The average molecular weight is 404 g/mol. The van der Waals surface area contributed by atoms with E-state index >= 15 is 0 Å². The first-order valence-corrected chi connectivity index (χ1v) is 9.74. The van der Waals surface area contributed by atoms with Crippen LogP contribution in [0.4, 0.5) is 0 Å². The third kappa shape index (κ3) is 6.98. The van der Waals surface area contributed by atoms with Crippen molar-refractivity contribution in [1.29, 1.82) is 0 Å². The van der Waals surface area contributed by atoms with Crippen molar-refractivity contribution in [2.45, 2.75) is 19.4 Å². The number of hydrogen-bond donors (Lipinski definition) is 2. The zero-order valence-corrected chi connectivity index (χ0v) is 16.5. The Bertz CT molecular complexity index is 928. The van der Waals surface area contributed by atoms with Crippen molar-refractivity contribution in [2.75, 3.05) is 6.61 Å². The van der Waals surface area contributed by atoms with Gasteiger partial charge in [0.15, 0.2) is 0 Å². The van der Waals surface area contributed by atoms with Crippen LogP contribution < -0.4 is 20.3 Å². The summed E-state index contributed by atoms with van der Waals surface area (Å²) < 4.78 is 11.2. The molecule has 0 aliphatic heterocycles. The summed E-state index contributed by atoms with van der Waals surface area (Å²) in [5, 5.41) is 0. The number of ether oxygens (including phenoxy) is 2. The lowest BCUT2D eigenvalue weighted by Gasteiger charge is -2.09. The summed E-state index contributed by atoms with van der Waals surface area (Å²) in [6.45, 7) is 0.839. The predicted molar refractivity (Wildman–Crippen MR) is 114 cm³/mol. The fraction of sp³-hybridized carbons (Fsp3) is 0.167. The van der Waals surface area contributed by atoms with Crippen LogP contribution in [0.5, 0.6) is 11.5 Å². The van der Waals surface area contributed by atoms with Crippen molar-refractivity contribution in [3.05, 3.63) is 96.1 Å². The molecule has 2 N–H and O–H groups in total. The molecule has 6 heteroatoms. The summed E-state index contributed by atoms with van der Waals surface area (Å²) >= 11 is 0. The molecule has 0 radical (unpaired) electrons. The molecule has 3 aromatic carbocycles. The van der Waals surface area contributed by atoms with Gasteiger partial charge in [0.1, 0.15) is 18.1 Å². The van der Waals surface area contributed by atoms with Crippen LogP contribution in [0, 0.1) is 0 Å². The van der Waals surface area contributed by atoms with Crippen molar-refractivity contribution in [3.8, 4) is 11.5 Å². The van der Waals surface area contributed by atoms with Gasteiger partial charge < -0.3 is 9.47 Å². The van der Waals surface area contributed by atoms with Gasteiger partial charge in [-0.3, -0.25) is 20.4 Å². The highest BCUT2D eigenvalue weighted by Gasteiger charge is 2.08. The normalized spacial score (nSPS) is 10.1.